The van der Waals surface area contributed by atoms with Gasteiger partial charge in [-0.25, -0.2) is 4.98 Å². The van der Waals surface area contributed by atoms with Crippen molar-refractivity contribution in [2.45, 2.75) is 33.4 Å². The van der Waals surface area contributed by atoms with Gasteiger partial charge in [0.1, 0.15) is 11.5 Å². The summed E-state index contributed by atoms with van der Waals surface area (Å²) in [6.07, 6.45) is 3.70. The SMILES string of the molecule is Cc1cc(Cn2ccnc2NC(C)C)no1. The minimum Gasteiger partial charge on any atom is -0.361 e. The number of nitrogens with zero attached hydrogens (tertiary/aromatic N) is 3. The number of hydrogen-bond acceptors (Lipinski definition) is 4. The van der Waals surface area contributed by atoms with Gasteiger partial charge in [0.25, 0.3) is 0 Å². The van der Waals surface area contributed by atoms with Gasteiger partial charge in [-0.3, -0.25) is 0 Å². The van der Waals surface area contributed by atoms with Crippen LogP contribution in [0.4, 0.5) is 5.95 Å². The third-order valence-corrected chi connectivity index (χ3v) is 2.14. The fourth-order valence-corrected chi connectivity index (χ4v) is 1.50. The molecule has 2 heterocycles. The zero-order valence-corrected chi connectivity index (χ0v) is 9.77. The van der Waals surface area contributed by atoms with Crippen molar-refractivity contribution in [1.82, 2.24) is 14.7 Å². The maximum Gasteiger partial charge on any atom is 0.203 e. The van der Waals surface area contributed by atoms with Crippen LogP contribution >= 0.6 is 0 Å². The first-order chi connectivity index (χ1) is 7.65. The summed E-state index contributed by atoms with van der Waals surface area (Å²) >= 11 is 0. The number of aromatic nitrogens is 3. The Labute approximate surface area is 94.5 Å². The Balaban J connectivity index is 2.12. The molecule has 0 fully saturated rings. The number of anilines is 1. The van der Waals surface area contributed by atoms with E-state index in [1.807, 2.05) is 23.8 Å². The highest BCUT2D eigenvalue weighted by Gasteiger charge is 2.06. The molecular formula is C11H16N4O. The van der Waals surface area contributed by atoms with Crippen LogP contribution in [0.25, 0.3) is 0 Å². The number of imidazole rings is 1. The number of rotatable bonds is 4. The molecule has 5 nitrogen and oxygen atoms in total. The van der Waals surface area contributed by atoms with E-state index in [1.54, 1.807) is 6.20 Å². The van der Waals surface area contributed by atoms with Gasteiger partial charge in [-0.1, -0.05) is 5.16 Å². The Kier molecular flexibility index (Phi) is 2.94. The lowest BCUT2D eigenvalue weighted by atomic mass is 10.4. The molecule has 0 spiro atoms. The summed E-state index contributed by atoms with van der Waals surface area (Å²) in [7, 11) is 0. The smallest absolute Gasteiger partial charge is 0.203 e. The van der Waals surface area contributed by atoms with Crippen molar-refractivity contribution < 1.29 is 4.52 Å². The molecule has 0 unspecified atom stereocenters. The molecule has 1 N–H and O–H groups in total. The van der Waals surface area contributed by atoms with E-state index in [0.29, 0.717) is 12.6 Å². The summed E-state index contributed by atoms with van der Waals surface area (Å²) in [6, 6.07) is 2.29. The van der Waals surface area contributed by atoms with Crippen LogP contribution in [0.2, 0.25) is 0 Å². The molecule has 0 aliphatic carbocycles. The fourth-order valence-electron chi connectivity index (χ4n) is 1.50. The van der Waals surface area contributed by atoms with E-state index < -0.39 is 0 Å². The third-order valence-electron chi connectivity index (χ3n) is 2.14. The van der Waals surface area contributed by atoms with E-state index in [2.05, 4.69) is 29.3 Å². The molecule has 2 aromatic heterocycles. The standard InChI is InChI=1S/C11H16N4O/c1-8(2)13-11-12-4-5-15(11)7-10-6-9(3)16-14-10/h4-6,8H,7H2,1-3H3,(H,12,13). The summed E-state index contributed by atoms with van der Waals surface area (Å²) in [5.74, 6) is 1.68. The van der Waals surface area contributed by atoms with Crippen molar-refractivity contribution in [2.24, 2.45) is 0 Å². The first-order valence-electron chi connectivity index (χ1n) is 5.35. The Bertz CT molecular complexity index is 458. The lowest BCUT2D eigenvalue weighted by Gasteiger charge is -2.10. The van der Waals surface area contributed by atoms with Gasteiger partial charge >= 0.3 is 0 Å². The van der Waals surface area contributed by atoms with Crippen LogP contribution in [0, 0.1) is 6.92 Å². The first kappa shape index (κ1) is 10.7. The van der Waals surface area contributed by atoms with Gasteiger partial charge in [0.05, 0.1) is 6.54 Å². The van der Waals surface area contributed by atoms with E-state index in [1.165, 1.54) is 0 Å². The molecule has 0 amide bonds. The van der Waals surface area contributed by atoms with Crippen LogP contribution in [0.15, 0.2) is 23.0 Å². The lowest BCUT2D eigenvalue weighted by molar-refractivity contribution is 0.389. The van der Waals surface area contributed by atoms with Crippen LogP contribution < -0.4 is 5.32 Å². The molecule has 86 valence electrons. The molecule has 0 atom stereocenters. The van der Waals surface area contributed by atoms with Gasteiger partial charge < -0.3 is 14.4 Å². The molecule has 2 aromatic rings. The van der Waals surface area contributed by atoms with E-state index in [-0.39, 0.29) is 0 Å². The molecule has 5 heteroatoms. The molecule has 16 heavy (non-hydrogen) atoms. The van der Waals surface area contributed by atoms with E-state index in [4.69, 9.17) is 4.52 Å². The van der Waals surface area contributed by atoms with Crippen LogP contribution in [0.3, 0.4) is 0 Å². The van der Waals surface area contributed by atoms with Gasteiger partial charge in [-0.05, 0) is 20.8 Å². The summed E-state index contributed by atoms with van der Waals surface area (Å²) < 4.78 is 7.04. The molecule has 0 bridgehead atoms. The molecule has 0 saturated heterocycles. The summed E-state index contributed by atoms with van der Waals surface area (Å²) in [6.45, 7) is 6.72. The van der Waals surface area contributed by atoms with Crippen molar-refractivity contribution in [3.63, 3.8) is 0 Å². The topological polar surface area (TPSA) is 55.9 Å². The zero-order valence-electron chi connectivity index (χ0n) is 9.77. The van der Waals surface area contributed by atoms with Gasteiger partial charge in [0, 0.05) is 24.5 Å². The minimum absolute atomic E-state index is 0.361. The van der Waals surface area contributed by atoms with E-state index in [9.17, 15) is 0 Å². The quantitative estimate of drug-likeness (QED) is 0.856. The molecule has 0 aliphatic heterocycles. The zero-order chi connectivity index (χ0) is 11.5. The third kappa shape index (κ3) is 2.42. The van der Waals surface area contributed by atoms with Crippen molar-refractivity contribution >= 4 is 5.95 Å². The predicted octanol–water partition coefficient (Wildman–Crippen LogP) is 2.05. The van der Waals surface area contributed by atoms with Crippen LogP contribution in [0.5, 0.6) is 0 Å². The Morgan fingerprint density at radius 3 is 2.94 bits per heavy atom. The highest BCUT2D eigenvalue weighted by Crippen LogP contribution is 2.10. The second kappa shape index (κ2) is 4.38. The number of hydrogen-bond donors (Lipinski definition) is 1. The summed E-state index contributed by atoms with van der Waals surface area (Å²) in [4.78, 5) is 4.25. The van der Waals surface area contributed by atoms with Crippen molar-refractivity contribution in [2.75, 3.05) is 5.32 Å². The second-order valence-corrected chi connectivity index (χ2v) is 4.11. The maximum absolute atomic E-state index is 5.03. The Morgan fingerprint density at radius 1 is 1.50 bits per heavy atom. The van der Waals surface area contributed by atoms with Crippen molar-refractivity contribution in [3.05, 3.63) is 29.9 Å². The monoisotopic (exact) mass is 220 g/mol. The molecule has 0 saturated carbocycles. The van der Waals surface area contributed by atoms with Crippen molar-refractivity contribution in [1.29, 1.82) is 0 Å². The minimum atomic E-state index is 0.361. The van der Waals surface area contributed by atoms with Gasteiger partial charge in [0.2, 0.25) is 5.95 Å². The average molecular weight is 220 g/mol. The van der Waals surface area contributed by atoms with Gasteiger partial charge in [0.15, 0.2) is 0 Å². The molecule has 2 rings (SSSR count). The lowest BCUT2D eigenvalue weighted by Crippen LogP contribution is -2.15. The molecule has 0 radical (unpaired) electrons. The van der Waals surface area contributed by atoms with Gasteiger partial charge in [-0.15, -0.1) is 0 Å². The van der Waals surface area contributed by atoms with E-state index >= 15 is 0 Å². The van der Waals surface area contributed by atoms with E-state index in [0.717, 1.165) is 17.4 Å². The second-order valence-electron chi connectivity index (χ2n) is 4.11. The molecule has 0 aromatic carbocycles. The largest absolute Gasteiger partial charge is 0.361 e. The first-order valence-corrected chi connectivity index (χ1v) is 5.35. The highest BCUT2D eigenvalue weighted by atomic mass is 16.5. The van der Waals surface area contributed by atoms with Gasteiger partial charge in [-0.2, -0.15) is 0 Å². The number of nitrogens with one attached hydrogen (secondary N) is 1. The van der Waals surface area contributed by atoms with Crippen LogP contribution in [-0.2, 0) is 6.54 Å². The van der Waals surface area contributed by atoms with Crippen LogP contribution in [0.1, 0.15) is 25.3 Å². The highest BCUT2D eigenvalue weighted by molar-refractivity contribution is 5.27. The molecule has 0 aliphatic rings. The predicted molar refractivity (Wildman–Crippen MR) is 61.3 cm³/mol. The van der Waals surface area contributed by atoms with Crippen LogP contribution in [-0.4, -0.2) is 20.7 Å². The average Bonchev–Trinajstić information content (AvgIpc) is 2.77. The fraction of sp³-hybridized carbons (Fsp3) is 0.455. The Morgan fingerprint density at radius 2 is 2.31 bits per heavy atom. The summed E-state index contributed by atoms with van der Waals surface area (Å²) in [5.41, 5.74) is 0.905. The normalized spacial score (nSPS) is 11.0. The Hall–Kier alpha value is -1.78. The summed E-state index contributed by atoms with van der Waals surface area (Å²) in [5, 5.41) is 7.23. The number of aryl methyl sites for hydroxylation is 1. The van der Waals surface area contributed by atoms with Crippen molar-refractivity contribution in [3.8, 4) is 0 Å². The maximum atomic E-state index is 5.03. The molecular weight excluding hydrogens is 204 g/mol.